The topological polar surface area (TPSA) is 39.2 Å². The molecule has 0 atom stereocenters. The number of rotatable bonds is 4. The van der Waals surface area contributed by atoms with Crippen molar-refractivity contribution < 1.29 is 9.53 Å². The zero-order valence-electron chi connectivity index (χ0n) is 12.6. The van der Waals surface area contributed by atoms with E-state index in [2.05, 4.69) is 43.1 Å². The van der Waals surface area contributed by atoms with E-state index in [4.69, 9.17) is 4.74 Å². The van der Waals surface area contributed by atoms with Gasteiger partial charge in [-0.1, -0.05) is 19.9 Å². The van der Waals surface area contributed by atoms with Gasteiger partial charge in [0.05, 0.1) is 12.6 Å². The Hall–Kier alpha value is -1.90. The Bertz CT molecular complexity index is 632. The fraction of sp³-hybridized carbons (Fsp3) is 0.412. The number of pyridine rings is 1. The Morgan fingerprint density at radius 1 is 1.30 bits per heavy atom. The van der Waals surface area contributed by atoms with Crippen molar-refractivity contribution in [2.45, 2.75) is 39.5 Å². The third-order valence-corrected chi connectivity index (χ3v) is 3.54. The van der Waals surface area contributed by atoms with Crippen molar-refractivity contribution in [2.75, 3.05) is 7.11 Å². The van der Waals surface area contributed by atoms with Crippen LogP contribution in [0, 0.1) is 6.92 Å². The van der Waals surface area contributed by atoms with Crippen LogP contribution < -0.4 is 0 Å². The monoisotopic (exact) mass is 271 g/mol. The number of hydrogen-bond donors (Lipinski definition) is 0. The van der Waals surface area contributed by atoms with E-state index >= 15 is 0 Å². The second-order valence-corrected chi connectivity index (χ2v) is 5.43. The molecule has 0 saturated heterocycles. The molecule has 0 spiro atoms. The molecular formula is C17H21NO2. The Balaban J connectivity index is 2.44. The van der Waals surface area contributed by atoms with Crippen molar-refractivity contribution in [3.8, 4) is 0 Å². The molecule has 0 aliphatic rings. The first-order valence-corrected chi connectivity index (χ1v) is 6.98. The highest BCUT2D eigenvalue weighted by molar-refractivity contribution is 5.84. The van der Waals surface area contributed by atoms with Crippen LogP contribution in [-0.4, -0.2) is 18.1 Å². The third-order valence-electron chi connectivity index (χ3n) is 3.54. The summed E-state index contributed by atoms with van der Waals surface area (Å²) in [6.45, 7) is 6.34. The Morgan fingerprint density at radius 2 is 2.05 bits per heavy atom. The molecule has 0 bridgehead atoms. The van der Waals surface area contributed by atoms with Gasteiger partial charge >= 0.3 is 5.97 Å². The van der Waals surface area contributed by atoms with Gasteiger partial charge in [-0.3, -0.25) is 9.78 Å². The number of esters is 1. The summed E-state index contributed by atoms with van der Waals surface area (Å²) < 4.78 is 4.72. The van der Waals surface area contributed by atoms with E-state index in [0.29, 0.717) is 18.8 Å². The summed E-state index contributed by atoms with van der Waals surface area (Å²) in [6.07, 6.45) is 1.09. The maximum Gasteiger partial charge on any atom is 0.305 e. The average molecular weight is 271 g/mol. The maximum atomic E-state index is 11.3. The van der Waals surface area contributed by atoms with Crippen LogP contribution in [0.4, 0.5) is 0 Å². The van der Waals surface area contributed by atoms with Crippen molar-refractivity contribution in [1.82, 2.24) is 4.98 Å². The summed E-state index contributed by atoms with van der Waals surface area (Å²) in [5.41, 5.74) is 4.44. The van der Waals surface area contributed by atoms with Crippen LogP contribution in [0.1, 0.15) is 43.0 Å². The lowest BCUT2D eigenvalue weighted by Crippen LogP contribution is -2.03. The highest BCUT2D eigenvalue weighted by atomic mass is 16.5. The highest BCUT2D eigenvalue weighted by Gasteiger charge is 2.09. The fourth-order valence-electron chi connectivity index (χ4n) is 2.37. The average Bonchev–Trinajstić information content (AvgIpc) is 2.43. The molecular weight excluding hydrogens is 250 g/mol. The van der Waals surface area contributed by atoms with Crippen LogP contribution in [-0.2, 0) is 16.0 Å². The molecule has 0 fully saturated rings. The van der Waals surface area contributed by atoms with Gasteiger partial charge in [0.25, 0.3) is 0 Å². The number of methoxy groups -OCH3 is 1. The van der Waals surface area contributed by atoms with Crippen molar-refractivity contribution >= 4 is 16.9 Å². The second-order valence-electron chi connectivity index (χ2n) is 5.43. The lowest BCUT2D eigenvalue weighted by molar-refractivity contribution is -0.140. The van der Waals surface area contributed by atoms with Gasteiger partial charge in [-0.2, -0.15) is 0 Å². The van der Waals surface area contributed by atoms with Crippen molar-refractivity contribution in [3.63, 3.8) is 0 Å². The number of carbonyl (C=O) groups is 1. The predicted octanol–water partition coefficient (Wildman–Crippen LogP) is 3.77. The van der Waals surface area contributed by atoms with Crippen molar-refractivity contribution in [3.05, 3.63) is 41.1 Å². The summed E-state index contributed by atoms with van der Waals surface area (Å²) in [5, 5.41) is 1.14. The van der Waals surface area contributed by atoms with Crippen molar-refractivity contribution in [2.24, 2.45) is 0 Å². The zero-order chi connectivity index (χ0) is 14.7. The molecule has 0 aliphatic heterocycles. The van der Waals surface area contributed by atoms with E-state index in [1.807, 2.05) is 6.92 Å². The number of benzene rings is 1. The number of fused-ring (bicyclic) bond motifs is 1. The predicted molar refractivity (Wildman–Crippen MR) is 80.9 cm³/mol. The molecule has 3 heteroatoms. The van der Waals surface area contributed by atoms with Crippen LogP contribution in [0.2, 0.25) is 0 Å². The Morgan fingerprint density at radius 3 is 2.70 bits per heavy atom. The molecule has 2 rings (SSSR count). The van der Waals surface area contributed by atoms with Gasteiger partial charge in [0.15, 0.2) is 0 Å². The second kappa shape index (κ2) is 6.04. The van der Waals surface area contributed by atoms with E-state index in [-0.39, 0.29) is 5.97 Å². The Labute approximate surface area is 120 Å². The fourth-order valence-corrected chi connectivity index (χ4v) is 2.37. The lowest BCUT2D eigenvalue weighted by Gasteiger charge is -2.11. The standard InChI is InChI=1S/C17H21NO2/c1-11(2)13-5-7-16-15(10-13)14(9-12(3)18-16)6-8-17(19)20-4/h5,7,9-11H,6,8H2,1-4H3. The first-order valence-electron chi connectivity index (χ1n) is 6.98. The lowest BCUT2D eigenvalue weighted by atomic mass is 9.97. The normalized spacial score (nSPS) is 11.1. The number of aryl methyl sites for hydroxylation is 2. The van der Waals surface area contributed by atoms with E-state index in [0.717, 1.165) is 16.6 Å². The number of nitrogens with zero attached hydrogens (tertiary/aromatic N) is 1. The quantitative estimate of drug-likeness (QED) is 0.795. The molecule has 2 aromatic rings. The van der Waals surface area contributed by atoms with Gasteiger partial charge < -0.3 is 4.74 Å². The molecule has 0 N–H and O–H groups in total. The van der Waals surface area contributed by atoms with Crippen LogP contribution in [0.25, 0.3) is 10.9 Å². The molecule has 0 radical (unpaired) electrons. The van der Waals surface area contributed by atoms with E-state index < -0.39 is 0 Å². The molecule has 20 heavy (non-hydrogen) atoms. The summed E-state index contributed by atoms with van der Waals surface area (Å²) in [4.78, 5) is 15.9. The van der Waals surface area contributed by atoms with Crippen LogP contribution in [0.3, 0.4) is 0 Å². The van der Waals surface area contributed by atoms with Gasteiger partial charge in [0.1, 0.15) is 0 Å². The Kier molecular flexibility index (Phi) is 4.38. The van der Waals surface area contributed by atoms with Crippen molar-refractivity contribution in [1.29, 1.82) is 0 Å². The minimum Gasteiger partial charge on any atom is -0.469 e. The number of carbonyl (C=O) groups excluding carboxylic acids is 1. The minimum atomic E-state index is -0.173. The van der Waals surface area contributed by atoms with E-state index in [1.54, 1.807) is 0 Å². The molecule has 1 aromatic heterocycles. The number of aromatic nitrogens is 1. The SMILES string of the molecule is COC(=O)CCc1cc(C)nc2ccc(C(C)C)cc12. The van der Waals surface area contributed by atoms with Gasteiger partial charge in [-0.05, 0) is 48.6 Å². The highest BCUT2D eigenvalue weighted by Crippen LogP contribution is 2.24. The smallest absolute Gasteiger partial charge is 0.305 e. The molecule has 3 nitrogen and oxygen atoms in total. The van der Waals surface area contributed by atoms with Crippen LogP contribution in [0.15, 0.2) is 24.3 Å². The largest absolute Gasteiger partial charge is 0.469 e. The maximum absolute atomic E-state index is 11.3. The van der Waals surface area contributed by atoms with Gasteiger partial charge in [-0.25, -0.2) is 0 Å². The van der Waals surface area contributed by atoms with Gasteiger partial charge in [0.2, 0.25) is 0 Å². The van der Waals surface area contributed by atoms with E-state index in [1.165, 1.54) is 18.2 Å². The minimum absolute atomic E-state index is 0.173. The van der Waals surface area contributed by atoms with Crippen LogP contribution >= 0.6 is 0 Å². The summed E-state index contributed by atoms with van der Waals surface area (Å²) in [7, 11) is 1.43. The molecule has 1 aromatic carbocycles. The number of ether oxygens (including phenoxy) is 1. The molecule has 0 amide bonds. The molecule has 0 unspecified atom stereocenters. The zero-order valence-corrected chi connectivity index (χ0v) is 12.6. The van der Waals surface area contributed by atoms with Gasteiger partial charge in [0, 0.05) is 17.5 Å². The first-order chi connectivity index (χ1) is 9.51. The molecule has 0 saturated carbocycles. The summed E-state index contributed by atoms with van der Waals surface area (Å²) in [5.74, 6) is 0.307. The van der Waals surface area contributed by atoms with E-state index in [9.17, 15) is 4.79 Å². The summed E-state index contributed by atoms with van der Waals surface area (Å²) >= 11 is 0. The summed E-state index contributed by atoms with van der Waals surface area (Å²) in [6, 6.07) is 8.46. The first kappa shape index (κ1) is 14.5. The van der Waals surface area contributed by atoms with Crippen LogP contribution in [0.5, 0.6) is 0 Å². The van der Waals surface area contributed by atoms with Gasteiger partial charge in [-0.15, -0.1) is 0 Å². The molecule has 106 valence electrons. The number of hydrogen-bond acceptors (Lipinski definition) is 3. The molecule has 0 aliphatic carbocycles. The molecule has 1 heterocycles. The third kappa shape index (κ3) is 3.16.